The first kappa shape index (κ1) is 9.91. The predicted molar refractivity (Wildman–Crippen MR) is 46.8 cm³/mol. The van der Waals surface area contributed by atoms with Crippen molar-refractivity contribution in [3.8, 4) is 0 Å². The van der Waals surface area contributed by atoms with Gasteiger partial charge < -0.3 is 10.1 Å². The van der Waals surface area contributed by atoms with Crippen LogP contribution in [-0.2, 0) is 4.74 Å². The van der Waals surface area contributed by atoms with Gasteiger partial charge in [0.05, 0.1) is 11.7 Å². The Morgan fingerprint density at radius 1 is 1.77 bits per heavy atom. The van der Waals surface area contributed by atoms with E-state index in [1.54, 1.807) is 0 Å². The van der Waals surface area contributed by atoms with Gasteiger partial charge in [-0.05, 0) is 12.3 Å². The van der Waals surface area contributed by atoms with Crippen LogP contribution in [0.4, 0.5) is 0 Å². The smallest absolute Gasteiger partial charge is 0.192 e. The second kappa shape index (κ2) is 4.76. The van der Waals surface area contributed by atoms with Crippen LogP contribution >= 0.6 is 0 Å². The van der Waals surface area contributed by atoms with Gasteiger partial charge in [-0.15, -0.1) is 0 Å². The van der Waals surface area contributed by atoms with E-state index in [4.69, 9.17) is 4.74 Å². The van der Waals surface area contributed by atoms with Gasteiger partial charge in [0, 0.05) is 6.42 Å². The molecule has 1 saturated heterocycles. The van der Waals surface area contributed by atoms with E-state index in [9.17, 15) is 10.1 Å². The van der Waals surface area contributed by atoms with Crippen LogP contribution in [0.1, 0.15) is 19.8 Å². The summed E-state index contributed by atoms with van der Waals surface area (Å²) < 4.78 is 5.18. The van der Waals surface area contributed by atoms with Crippen LogP contribution in [0.2, 0.25) is 0 Å². The summed E-state index contributed by atoms with van der Waals surface area (Å²) in [4.78, 5) is 10.1. The number of nitrogens with zero attached hydrogens (tertiary/aromatic N) is 2. The van der Waals surface area contributed by atoms with Crippen LogP contribution in [-0.4, -0.2) is 24.2 Å². The zero-order chi connectivity index (χ0) is 9.68. The number of ether oxygens (including phenoxy) is 1. The van der Waals surface area contributed by atoms with Crippen molar-refractivity contribution in [1.29, 1.82) is 0 Å². The Morgan fingerprint density at radius 2 is 2.54 bits per heavy atom. The van der Waals surface area contributed by atoms with Gasteiger partial charge in [0.1, 0.15) is 6.73 Å². The maximum atomic E-state index is 10.1. The van der Waals surface area contributed by atoms with Crippen molar-refractivity contribution < 1.29 is 9.77 Å². The van der Waals surface area contributed by atoms with Gasteiger partial charge in [-0.25, -0.2) is 10.1 Å². The lowest BCUT2D eigenvalue weighted by atomic mass is 10.1. The topological polar surface area (TPSA) is 76.8 Å². The molecule has 1 heterocycles. The van der Waals surface area contributed by atoms with Crippen LogP contribution in [0, 0.1) is 16.0 Å². The highest BCUT2D eigenvalue weighted by molar-refractivity contribution is 5.81. The number of amidine groups is 1. The molecule has 0 saturated carbocycles. The molecule has 1 fully saturated rings. The van der Waals surface area contributed by atoms with Crippen molar-refractivity contribution in [2.75, 3.05) is 13.3 Å². The van der Waals surface area contributed by atoms with E-state index < -0.39 is 5.03 Å². The van der Waals surface area contributed by atoms with Gasteiger partial charge in [-0.3, -0.25) is 0 Å². The SMILES string of the molecule is CC1CC/C(=N\[N+](=O)[O-])NCOC1. The molecule has 1 N–H and O–H groups in total. The number of hydrogen-bond donors (Lipinski definition) is 1. The molecule has 13 heavy (non-hydrogen) atoms. The second-order valence-electron chi connectivity index (χ2n) is 3.12. The minimum absolute atomic E-state index is 0.303. The molecule has 0 aromatic heterocycles. The van der Waals surface area contributed by atoms with E-state index >= 15 is 0 Å². The average Bonchev–Trinajstić information content (AvgIpc) is 2.03. The lowest BCUT2D eigenvalue weighted by molar-refractivity contribution is -0.485. The fraction of sp³-hybridized carbons (Fsp3) is 0.857. The number of nitro groups is 1. The van der Waals surface area contributed by atoms with Crippen LogP contribution < -0.4 is 5.32 Å². The molecule has 0 bridgehead atoms. The number of rotatable bonds is 1. The van der Waals surface area contributed by atoms with Crippen molar-refractivity contribution in [2.24, 2.45) is 11.0 Å². The summed E-state index contributed by atoms with van der Waals surface area (Å²) in [7, 11) is 0. The normalized spacial score (nSPS) is 27.5. The van der Waals surface area contributed by atoms with Crippen molar-refractivity contribution in [2.45, 2.75) is 19.8 Å². The molecule has 1 aliphatic heterocycles. The molecular weight excluding hydrogens is 174 g/mol. The summed E-state index contributed by atoms with van der Waals surface area (Å²) in [5.41, 5.74) is 0. The zero-order valence-corrected chi connectivity index (χ0v) is 7.52. The van der Waals surface area contributed by atoms with Crippen molar-refractivity contribution >= 4 is 5.84 Å². The average molecular weight is 187 g/mol. The Morgan fingerprint density at radius 3 is 3.23 bits per heavy atom. The van der Waals surface area contributed by atoms with E-state index in [1.807, 2.05) is 0 Å². The van der Waals surface area contributed by atoms with E-state index in [2.05, 4.69) is 17.3 Å². The Labute approximate surface area is 76.1 Å². The zero-order valence-electron chi connectivity index (χ0n) is 7.52. The summed E-state index contributed by atoms with van der Waals surface area (Å²) in [5.74, 6) is 0.829. The van der Waals surface area contributed by atoms with E-state index in [0.717, 1.165) is 6.42 Å². The molecule has 1 aliphatic rings. The molecule has 0 spiro atoms. The van der Waals surface area contributed by atoms with Gasteiger partial charge in [-0.1, -0.05) is 6.92 Å². The molecule has 0 aliphatic carbocycles. The largest absolute Gasteiger partial charge is 0.361 e. The standard InChI is InChI=1S/C7H13N3O3/c1-6-2-3-7(9-10(11)12)8-5-13-4-6/h6H,2-5H2,1H3,(H,8,9). The fourth-order valence-electron chi connectivity index (χ4n) is 1.13. The Kier molecular flexibility index (Phi) is 3.63. The summed E-state index contributed by atoms with van der Waals surface area (Å²) in [6.07, 6.45) is 1.48. The van der Waals surface area contributed by atoms with Crippen molar-refractivity contribution in [1.82, 2.24) is 5.32 Å². The lowest BCUT2D eigenvalue weighted by Gasteiger charge is -2.16. The number of hydrazone groups is 1. The summed E-state index contributed by atoms with van der Waals surface area (Å²) in [6, 6.07) is 0. The van der Waals surface area contributed by atoms with Gasteiger partial charge in [0.2, 0.25) is 0 Å². The molecule has 6 heteroatoms. The highest BCUT2D eigenvalue weighted by atomic mass is 16.7. The minimum Gasteiger partial charge on any atom is -0.361 e. The van der Waals surface area contributed by atoms with Crippen molar-refractivity contribution in [3.05, 3.63) is 10.1 Å². The summed E-state index contributed by atoms with van der Waals surface area (Å²) in [6.45, 7) is 3.05. The Balaban J connectivity index is 2.50. The molecule has 1 unspecified atom stereocenters. The van der Waals surface area contributed by atoms with E-state index in [0.29, 0.717) is 31.5 Å². The first-order valence-corrected chi connectivity index (χ1v) is 4.22. The van der Waals surface area contributed by atoms with Gasteiger partial charge in [-0.2, -0.15) is 0 Å². The van der Waals surface area contributed by atoms with Crippen molar-refractivity contribution in [3.63, 3.8) is 0 Å². The number of hydrogen-bond acceptors (Lipinski definition) is 3. The maximum absolute atomic E-state index is 10.1. The number of nitrogens with one attached hydrogen (secondary N) is 1. The Hall–Kier alpha value is -1.17. The summed E-state index contributed by atoms with van der Waals surface area (Å²) >= 11 is 0. The molecule has 6 nitrogen and oxygen atoms in total. The van der Waals surface area contributed by atoms with Gasteiger partial charge in [0.25, 0.3) is 0 Å². The van der Waals surface area contributed by atoms with E-state index in [-0.39, 0.29) is 0 Å². The third-order valence-electron chi connectivity index (χ3n) is 1.86. The second-order valence-corrected chi connectivity index (χ2v) is 3.12. The monoisotopic (exact) mass is 187 g/mol. The minimum atomic E-state index is -0.686. The van der Waals surface area contributed by atoms with Crippen LogP contribution in [0.3, 0.4) is 0 Å². The van der Waals surface area contributed by atoms with Crippen LogP contribution in [0.15, 0.2) is 5.10 Å². The third-order valence-corrected chi connectivity index (χ3v) is 1.86. The third kappa shape index (κ3) is 3.84. The van der Waals surface area contributed by atoms with Crippen LogP contribution in [0.25, 0.3) is 0 Å². The molecule has 0 amide bonds. The molecular formula is C7H13N3O3. The molecule has 0 radical (unpaired) electrons. The van der Waals surface area contributed by atoms with E-state index in [1.165, 1.54) is 0 Å². The van der Waals surface area contributed by atoms with Gasteiger partial charge >= 0.3 is 0 Å². The fourth-order valence-corrected chi connectivity index (χ4v) is 1.13. The molecule has 1 atom stereocenters. The molecule has 74 valence electrons. The lowest BCUT2D eigenvalue weighted by Crippen LogP contribution is -2.31. The predicted octanol–water partition coefficient (Wildman–Crippen LogP) is 0.570. The molecule has 0 aromatic rings. The highest BCUT2D eigenvalue weighted by Gasteiger charge is 2.12. The Bertz CT molecular complexity index is 217. The molecule has 1 rings (SSSR count). The quantitative estimate of drug-likeness (QED) is 0.481. The van der Waals surface area contributed by atoms with Crippen LogP contribution in [0.5, 0.6) is 0 Å². The molecule has 0 aromatic carbocycles. The summed E-state index contributed by atoms with van der Waals surface area (Å²) in [5, 5.41) is 15.4. The highest BCUT2D eigenvalue weighted by Crippen LogP contribution is 2.08. The van der Waals surface area contributed by atoms with Gasteiger partial charge in [0.15, 0.2) is 10.9 Å². The first-order chi connectivity index (χ1) is 6.18. The maximum Gasteiger partial charge on any atom is 0.192 e. The first-order valence-electron chi connectivity index (χ1n) is 4.22.